The van der Waals surface area contributed by atoms with Gasteiger partial charge in [0, 0.05) is 12.8 Å². The number of rotatable bonds is 3. The fraction of sp³-hybridized carbons (Fsp3) is 0.200. The highest BCUT2D eigenvalue weighted by Crippen LogP contribution is 2.26. The molecule has 1 aliphatic rings. The lowest BCUT2D eigenvalue weighted by Crippen LogP contribution is -2.22. The summed E-state index contributed by atoms with van der Waals surface area (Å²) in [5.74, 6) is -0.813. The fourth-order valence-electron chi connectivity index (χ4n) is 3.09. The lowest BCUT2D eigenvalue weighted by atomic mass is 10.00. The predicted octanol–water partition coefficient (Wildman–Crippen LogP) is 3.74. The second-order valence-electron chi connectivity index (χ2n) is 5.96. The first-order valence-electron chi connectivity index (χ1n) is 7.97. The van der Waals surface area contributed by atoms with E-state index in [-0.39, 0.29) is 19.0 Å². The van der Waals surface area contributed by atoms with E-state index in [0.717, 1.165) is 21.7 Å². The van der Waals surface area contributed by atoms with E-state index < -0.39 is 12.1 Å². The van der Waals surface area contributed by atoms with Crippen LogP contribution >= 0.6 is 0 Å². The Morgan fingerprint density at radius 2 is 1.79 bits per heavy atom. The minimum absolute atomic E-state index is 0.169. The minimum atomic E-state index is -0.756. The normalized spacial score (nSPS) is 17.2. The van der Waals surface area contributed by atoms with Gasteiger partial charge in [0.2, 0.25) is 0 Å². The highest BCUT2D eigenvalue weighted by atomic mass is 16.6. The SMILES string of the molecule is O=C1CCC(C(=O)OCc2cccc3cc4ccccc4cc23)O1. The van der Waals surface area contributed by atoms with Gasteiger partial charge < -0.3 is 9.47 Å². The van der Waals surface area contributed by atoms with Crippen LogP contribution in [-0.2, 0) is 25.7 Å². The monoisotopic (exact) mass is 320 g/mol. The van der Waals surface area contributed by atoms with Gasteiger partial charge >= 0.3 is 11.9 Å². The van der Waals surface area contributed by atoms with Gasteiger partial charge in [-0.2, -0.15) is 0 Å². The molecule has 1 saturated heterocycles. The first-order chi connectivity index (χ1) is 11.7. The van der Waals surface area contributed by atoms with Gasteiger partial charge in [-0.25, -0.2) is 4.79 Å². The maximum Gasteiger partial charge on any atom is 0.347 e. The Hall–Kier alpha value is -2.88. The molecule has 0 radical (unpaired) electrons. The van der Waals surface area contributed by atoms with Gasteiger partial charge in [-0.1, -0.05) is 42.5 Å². The van der Waals surface area contributed by atoms with Crippen LogP contribution in [0.4, 0.5) is 0 Å². The number of hydrogen-bond donors (Lipinski definition) is 0. The third-order valence-corrected chi connectivity index (χ3v) is 4.35. The molecule has 1 heterocycles. The summed E-state index contributed by atoms with van der Waals surface area (Å²) in [6, 6.07) is 18.4. The molecule has 0 bridgehead atoms. The van der Waals surface area contributed by atoms with Crippen molar-refractivity contribution in [2.75, 3.05) is 0 Å². The second kappa shape index (κ2) is 5.96. The lowest BCUT2D eigenvalue weighted by Gasteiger charge is -2.12. The second-order valence-corrected chi connectivity index (χ2v) is 5.96. The summed E-state index contributed by atoms with van der Waals surface area (Å²) in [6.45, 7) is 0.169. The molecule has 1 aliphatic heterocycles. The molecule has 4 nitrogen and oxygen atoms in total. The Labute approximate surface area is 139 Å². The predicted molar refractivity (Wildman–Crippen MR) is 90.4 cm³/mol. The van der Waals surface area contributed by atoms with Crippen LogP contribution in [0.3, 0.4) is 0 Å². The number of cyclic esters (lactones) is 1. The van der Waals surface area contributed by atoms with Crippen LogP contribution in [-0.4, -0.2) is 18.0 Å². The van der Waals surface area contributed by atoms with Crippen LogP contribution < -0.4 is 0 Å². The van der Waals surface area contributed by atoms with Gasteiger partial charge in [-0.3, -0.25) is 4.79 Å². The highest BCUT2D eigenvalue weighted by molar-refractivity contribution is 5.99. The zero-order chi connectivity index (χ0) is 16.5. The van der Waals surface area contributed by atoms with Crippen molar-refractivity contribution in [2.45, 2.75) is 25.6 Å². The number of carbonyl (C=O) groups excluding carboxylic acids is 2. The molecule has 1 fully saturated rings. The van der Waals surface area contributed by atoms with Crippen LogP contribution in [0.1, 0.15) is 18.4 Å². The molecule has 4 heteroatoms. The maximum atomic E-state index is 12.0. The Balaban J connectivity index is 1.60. The summed E-state index contributed by atoms with van der Waals surface area (Å²) in [5.41, 5.74) is 0.941. The summed E-state index contributed by atoms with van der Waals surface area (Å²) >= 11 is 0. The fourth-order valence-corrected chi connectivity index (χ4v) is 3.09. The van der Waals surface area contributed by atoms with Crippen molar-refractivity contribution in [1.82, 2.24) is 0 Å². The molecule has 0 spiro atoms. The van der Waals surface area contributed by atoms with Crippen LogP contribution in [0.15, 0.2) is 54.6 Å². The largest absolute Gasteiger partial charge is 0.458 e. The minimum Gasteiger partial charge on any atom is -0.458 e. The van der Waals surface area contributed by atoms with Crippen LogP contribution in [0.5, 0.6) is 0 Å². The van der Waals surface area contributed by atoms with Crippen molar-refractivity contribution in [3.05, 3.63) is 60.2 Å². The molecule has 0 N–H and O–H groups in total. The smallest absolute Gasteiger partial charge is 0.347 e. The Kier molecular flexibility index (Phi) is 3.65. The molecule has 3 aromatic rings. The van der Waals surface area contributed by atoms with Crippen LogP contribution in [0, 0.1) is 0 Å². The molecular formula is C20H16O4. The van der Waals surface area contributed by atoms with Gasteiger partial charge in [0.1, 0.15) is 6.61 Å². The molecule has 0 amide bonds. The number of carbonyl (C=O) groups is 2. The summed E-state index contributed by atoms with van der Waals surface area (Å²) in [5, 5.41) is 4.49. The van der Waals surface area contributed by atoms with Crippen LogP contribution in [0.25, 0.3) is 21.5 Å². The standard InChI is InChI=1S/C20H16O4/c21-19-9-8-18(24-19)20(22)23-12-16-7-3-6-15-10-13-4-1-2-5-14(13)11-17(15)16/h1-7,10-11,18H,8-9,12H2. The Morgan fingerprint density at radius 1 is 1.04 bits per heavy atom. The molecule has 0 aromatic heterocycles. The number of esters is 2. The lowest BCUT2D eigenvalue weighted by molar-refractivity contribution is -0.162. The van der Waals surface area contributed by atoms with Crippen molar-refractivity contribution in [2.24, 2.45) is 0 Å². The topological polar surface area (TPSA) is 52.6 Å². The molecule has 0 aliphatic carbocycles. The van der Waals surface area contributed by atoms with Gasteiger partial charge in [-0.05, 0) is 39.2 Å². The van der Waals surface area contributed by atoms with Gasteiger partial charge in [0.05, 0.1) is 0 Å². The first-order valence-corrected chi connectivity index (χ1v) is 7.97. The number of ether oxygens (including phenoxy) is 2. The third-order valence-electron chi connectivity index (χ3n) is 4.35. The number of benzene rings is 3. The van der Waals surface area contributed by atoms with Crippen molar-refractivity contribution in [1.29, 1.82) is 0 Å². The van der Waals surface area contributed by atoms with E-state index in [0.29, 0.717) is 6.42 Å². The number of hydrogen-bond acceptors (Lipinski definition) is 4. The van der Waals surface area contributed by atoms with E-state index >= 15 is 0 Å². The van der Waals surface area contributed by atoms with Crippen molar-refractivity contribution in [3.8, 4) is 0 Å². The summed E-state index contributed by atoms with van der Waals surface area (Å²) < 4.78 is 10.3. The number of fused-ring (bicyclic) bond motifs is 2. The molecule has 1 unspecified atom stereocenters. The molecule has 120 valence electrons. The molecule has 4 rings (SSSR count). The van der Waals surface area contributed by atoms with E-state index in [1.165, 1.54) is 5.39 Å². The van der Waals surface area contributed by atoms with Crippen LogP contribution in [0.2, 0.25) is 0 Å². The van der Waals surface area contributed by atoms with E-state index in [1.807, 2.05) is 30.3 Å². The quantitative estimate of drug-likeness (QED) is 0.545. The summed E-state index contributed by atoms with van der Waals surface area (Å²) in [7, 11) is 0. The van der Waals surface area contributed by atoms with Crippen molar-refractivity contribution < 1.29 is 19.1 Å². The maximum absolute atomic E-state index is 12.0. The van der Waals surface area contributed by atoms with Gasteiger partial charge in [0.15, 0.2) is 6.10 Å². The summed E-state index contributed by atoms with van der Waals surface area (Å²) in [4.78, 5) is 23.1. The van der Waals surface area contributed by atoms with E-state index in [2.05, 4.69) is 24.3 Å². The molecule has 3 aromatic carbocycles. The van der Waals surface area contributed by atoms with E-state index in [4.69, 9.17) is 9.47 Å². The first kappa shape index (κ1) is 14.7. The average Bonchev–Trinajstić information content (AvgIpc) is 3.04. The van der Waals surface area contributed by atoms with Gasteiger partial charge in [0.25, 0.3) is 0 Å². The summed E-state index contributed by atoms with van der Waals surface area (Å²) in [6.07, 6.45) is -0.0778. The van der Waals surface area contributed by atoms with E-state index in [1.54, 1.807) is 0 Å². The van der Waals surface area contributed by atoms with Gasteiger partial charge in [-0.15, -0.1) is 0 Å². The molecular weight excluding hydrogens is 304 g/mol. The highest BCUT2D eigenvalue weighted by Gasteiger charge is 2.31. The Bertz CT molecular complexity index is 945. The molecule has 24 heavy (non-hydrogen) atoms. The average molecular weight is 320 g/mol. The van der Waals surface area contributed by atoms with Crippen molar-refractivity contribution in [3.63, 3.8) is 0 Å². The third kappa shape index (κ3) is 2.71. The molecule has 0 saturated carbocycles. The van der Waals surface area contributed by atoms with E-state index in [9.17, 15) is 9.59 Å². The zero-order valence-corrected chi connectivity index (χ0v) is 13.0. The Morgan fingerprint density at radius 3 is 2.54 bits per heavy atom. The van der Waals surface area contributed by atoms with Crippen molar-refractivity contribution >= 4 is 33.5 Å². The molecule has 1 atom stereocenters. The zero-order valence-electron chi connectivity index (χ0n) is 13.0.